The molecular formula is C76H84BN3. The highest BCUT2D eigenvalue weighted by Crippen LogP contribution is 2.54. The first-order valence-corrected chi connectivity index (χ1v) is 29.3. The molecule has 406 valence electrons. The molecule has 3 aliphatic rings. The number of nitrogens with zero attached hydrogens (tertiary/aromatic N) is 3. The fourth-order valence-corrected chi connectivity index (χ4v) is 13.7. The molecule has 3 nitrogen and oxygen atoms in total. The Kier molecular flexibility index (Phi) is 13.1. The largest absolute Gasteiger partial charge is 0.311 e. The highest BCUT2D eigenvalue weighted by Gasteiger charge is 2.48. The number of hydrogen-bond donors (Lipinski definition) is 0. The molecule has 1 aliphatic carbocycles. The average Bonchev–Trinajstić information content (AvgIpc) is 3.41. The lowest BCUT2D eigenvalue weighted by molar-refractivity contribution is 0.332. The van der Waals surface area contributed by atoms with Crippen molar-refractivity contribution in [1.29, 1.82) is 0 Å². The number of fused-ring (bicyclic) bond motifs is 5. The maximum absolute atomic E-state index is 4.42. The van der Waals surface area contributed by atoms with Crippen LogP contribution in [0.15, 0.2) is 153 Å². The van der Waals surface area contributed by atoms with Crippen molar-refractivity contribution in [3.05, 3.63) is 214 Å². The van der Waals surface area contributed by atoms with Crippen LogP contribution in [0.1, 0.15) is 164 Å². The van der Waals surface area contributed by atoms with Gasteiger partial charge in [0.25, 0.3) is 6.71 Å². The fraction of sp³-hybridized carbons (Fsp3) is 0.316. The predicted octanol–water partition coefficient (Wildman–Crippen LogP) is 19.7. The molecule has 0 unspecified atom stereocenters. The zero-order valence-corrected chi connectivity index (χ0v) is 51.2. The monoisotopic (exact) mass is 1050 g/mol. The first-order valence-electron chi connectivity index (χ1n) is 29.3. The Morgan fingerprint density at radius 3 is 1.41 bits per heavy atom. The van der Waals surface area contributed by atoms with Gasteiger partial charge in [-0.25, -0.2) is 0 Å². The van der Waals surface area contributed by atoms with E-state index in [4.69, 9.17) is 0 Å². The summed E-state index contributed by atoms with van der Waals surface area (Å²) in [6, 6.07) is 54.0. The molecule has 0 saturated carbocycles. The van der Waals surface area contributed by atoms with E-state index in [1.165, 1.54) is 101 Å². The third-order valence-electron chi connectivity index (χ3n) is 18.3. The Labute approximate surface area is 481 Å². The molecule has 8 aromatic carbocycles. The first kappa shape index (κ1) is 54.7. The zero-order valence-electron chi connectivity index (χ0n) is 51.2. The summed E-state index contributed by atoms with van der Waals surface area (Å²) in [6.07, 6.45) is 6.24. The average molecular weight is 1050 g/mol. The molecule has 0 spiro atoms. The van der Waals surface area contributed by atoms with E-state index >= 15 is 0 Å². The van der Waals surface area contributed by atoms with E-state index in [1.54, 1.807) is 0 Å². The zero-order chi connectivity index (χ0) is 57.3. The van der Waals surface area contributed by atoms with E-state index < -0.39 is 0 Å². The van der Waals surface area contributed by atoms with Crippen molar-refractivity contribution in [2.75, 3.05) is 14.7 Å². The molecule has 0 bridgehead atoms. The summed E-state index contributed by atoms with van der Waals surface area (Å²) in [5.74, 6) is 0. The Morgan fingerprint density at radius 1 is 0.475 bits per heavy atom. The van der Waals surface area contributed by atoms with E-state index in [-0.39, 0.29) is 33.8 Å². The smallest absolute Gasteiger partial charge is 0.252 e. The van der Waals surface area contributed by atoms with Crippen LogP contribution in [0.4, 0.5) is 51.2 Å². The molecule has 0 radical (unpaired) electrons. The third-order valence-corrected chi connectivity index (χ3v) is 18.3. The van der Waals surface area contributed by atoms with Gasteiger partial charge in [-0.3, -0.25) is 0 Å². The van der Waals surface area contributed by atoms with Gasteiger partial charge in [0.05, 0.1) is 17.1 Å². The van der Waals surface area contributed by atoms with Gasteiger partial charge < -0.3 is 14.7 Å². The second kappa shape index (κ2) is 19.2. The fourth-order valence-electron chi connectivity index (χ4n) is 13.7. The Balaban J connectivity index is 1.30. The van der Waals surface area contributed by atoms with Gasteiger partial charge in [-0.2, -0.15) is 0 Å². The molecule has 80 heavy (non-hydrogen) atoms. The number of rotatable bonds is 8. The van der Waals surface area contributed by atoms with E-state index in [1.807, 2.05) is 12.2 Å². The SMILES string of the molecule is C=Cc1ccc(N(c2ccccc2)c2ccc3c(c2)N(c2c(C)cc(C(C)(C)C)cc2C)c2cc(C(C)(C)C)cc4c2B3c2cc3c(cc2N4c2c(C)cc(C(C)(C)C)cc2C)C(C)(C)CCC3(C)C)c(-c2ccccc2)c1C=C. The molecule has 8 aromatic rings. The van der Waals surface area contributed by atoms with Crippen molar-refractivity contribution < 1.29 is 0 Å². The third kappa shape index (κ3) is 8.97. The number of para-hydroxylation sites is 1. The van der Waals surface area contributed by atoms with Gasteiger partial charge in [-0.1, -0.05) is 206 Å². The van der Waals surface area contributed by atoms with Crippen LogP contribution in [0.2, 0.25) is 0 Å². The summed E-state index contributed by atoms with van der Waals surface area (Å²) in [6.45, 7) is 49.2. The van der Waals surface area contributed by atoms with E-state index in [0.717, 1.165) is 52.2 Å². The minimum Gasteiger partial charge on any atom is -0.311 e. The minimum atomic E-state index is -0.179. The van der Waals surface area contributed by atoms with Gasteiger partial charge in [0.2, 0.25) is 0 Å². The van der Waals surface area contributed by atoms with Crippen LogP contribution in [0, 0.1) is 27.7 Å². The number of benzene rings is 8. The quantitative estimate of drug-likeness (QED) is 0.140. The number of anilines is 9. The van der Waals surface area contributed by atoms with Crippen LogP contribution in [-0.2, 0) is 27.1 Å². The van der Waals surface area contributed by atoms with E-state index in [9.17, 15) is 0 Å². The van der Waals surface area contributed by atoms with Crippen molar-refractivity contribution in [3.8, 4) is 11.1 Å². The van der Waals surface area contributed by atoms with E-state index in [0.29, 0.717) is 0 Å². The molecule has 0 amide bonds. The van der Waals surface area contributed by atoms with Gasteiger partial charge >= 0.3 is 0 Å². The summed E-state index contributed by atoms with van der Waals surface area (Å²) in [7, 11) is 0. The van der Waals surface area contributed by atoms with Crippen LogP contribution in [0.5, 0.6) is 0 Å². The molecule has 4 heteroatoms. The summed E-state index contributed by atoms with van der Waals surface area (Å²) in [5.41, 5.74) is 31.0. The maximum atomic E-state index is 4.42. The lowest BCUT2D eigenvalue weighted by Crippen LogP contribution is -2.62. The molecule has 0 atom stereocenters. The molecule has 11 rings (SSSR count). The van der Waals surface area contributed by atoms with Crippen molar-refractivity contribution in [2.24, 2.45) is 0 Å². The van der Waals surface area contributed by atoms with Gasteiger partial charge in [0, 0.05) is 39.7 Å². The van der Waals surface area contributed by atoms with Crippen molar-refractivity contribution in [1.82, 2.24) is 0 Å². The molecule has 0 aromatic heterocycles. The van der Waals surface area contributed by atoms with Crippen molar-refractivity contribution in [3.63, 3.8) is 0 Å². The second-order valence-corrected chi connectivity index (χ2v) is 28.1. The van der Waals surface area contributed by atoms with Crippen molar-refractivity contribution >= 4 is 86.4 Å². The van der Waals surface area contributed by atoms with Crippen LogP contribution in [0.25, 0.3) is 23.3 Å². The lowest BCUT2D eigenvalue weighted by Gasteiger charge is -2.48. The molecule has 2 heterocycles. The molecule has 0 N–H and O–H groups in total. The first-order chi connectivity index (χ1) is 37.6. The number of hydrogen-bond acceptors (Lipinski definition) is 3. The second-order valence-electron chi connectivity index (χ2n) is 28.1. The lowest BCUT2D eigenvalue weighted by atomic mass is 9.33. The van der Waals surface area contributed by atoms with Crippen LogP contribution < -0.4 is 31.1 Å². The Morgan fingerprint density at radius 2 is 0.938 bits per heavy atom. The topological polar surface area (TPSA) is 9.72 Å². The predicted molar refractivity (Wildman–Crippen MR) is 351 cm³/mol. The van der Waals surface area contributed by atoms with Gasteiger partial charge in [-0.15, -0.1) is 0 Å². The van der Waals surface area contributed by atoms with E-state index in [2.05, 4.69) is 285 Å². The normalized spacial score (nSPS) is 15.2. The standard InChI is InChI=1S/C76H84BN3/c1-20-51-32-35-63(68(58(51)21-2)52-28-24-22-25-29-52)78(56-30-26-23-27-31-56)57-33-34-61-64(44-57)79(70-47(3)38-53(39-48(70)4)72(7,8)9)66-42-55(74(13,14)15)43-67-69(66)77(61)62-45-59-60(76(18,19)37-36-75(59,16)17)46-65(62)80(67)71-49(5)40-54(41-50(71)6)73(10,11)12/h20-35,38-46H,1-2,36-37H2,3-19H3. The summed E-state index contributed by atoms with van der Waals surface area (Å²) in [5, 5.41) is 0. The molecular weight excluding hydrogens is 966 g/mol. The Hall–Kier alpha value is -7.30. The molecule has 0 fully saturated rings. The van der Waals surface area contributed by atoms with Crippen LogP contribution in [-0.4, -0.2) is 6.71 Å². The summed E-state index contributed by atoms with van der Waals surface area (Å²) >= 11 is 0. The minimum absolute atomic E-state index is 0.00139. The van der Waals surface area contributed by atoms with Gasteiger partial charge in [-0.05, 0) is 199 Å². The highest BCUT2D eigenvalue weighted by atomic mass is 15.2. The molecule has 2 aliphatic heterocycles. The summed E-state index contributed by atoms with van der Waals surface area (Å²) < 4.78 is 0. The van der Waals surface area contributed by atoms with Crippen molar-refractivity contribution in [2.45, 2.75) is 158 Å². The van der Waals surface area contributed by atoms with Crippen LogP contribution >= 0.6 is 0 Å². The van der Waals surface area contributed by atoms with Gasteiger partial charge in [0.15, 0.2) is 0 Å². The van der Waals surface area contributed by atoms with Crippen LogP contribution in [0.3, 0.4) is 0 Å². The maximum Gasteiger partial charge on any atom is 0.252 e. The Bertz CT molecular complexity index is 3770. The molecule has 0 saturated heterocycles. The van der Waals surface area contributed by atoms with Gasteiger partial charge in [0.1, 0.15) is 0 Å². The highest BCUT2D eigenvalue weighted by molar-refractivity contribution is 7.00. The summed E-state index contributed by atoms with van der Waals surface area (Å²) in [4.78, 5) is 7.88. The number of aryl methyl sites for hydroxylation is 4.